The van der Waals surface area contributed by atoms with Gasteiger partial charge >= 0.3 is 0 Å². The van der Waals surface area contributed by atoms with Gasteiger partial charge in [-0.3, -0.25) is 9.78 Å². The highest BCUT2D eigenvalue weighted by molar-refractivity contribution is 7.14. The molecule has 5 nitrogen and oxygen atoms in total. The summed E-state index contributed by atoms with van der Waals surface area (Å²) in [6.45, 7) is 4.51. The maximum absolute atomic E-state index is 12.9. The maximum Gasteiger partial charge on any atom is 0.263 e. The van der Waals surface area contributed by atoms with Gasteiger partial charge in [-0.25, -0.2) is 0 Å². The summed E-state index contributed by atoms with van der Waals surface area (Å²) in [6.07, 6.45) is 8.84. The van der Waals surface area contributed by atoms with E-state index in [-0.39, 0.29) is 11.5 Å². The van der Waals surface area contributed by atoms with Crippen LogP contribution in [0.15, 0.2) is 30.6 Å². The first-order valence-electron chi connectivity index (χ1n) is 9.97. The van der Waals surface area contributed by atoms with E-state index in [1.54, 1.807) is 11.3 Å². The van der Waals surface area contributed by atoms with Crippen LogP contribution in [0.1, 0.15) is 45.8 Å². The van der Waals surface area contributed by atoms with Gasteiger partial charge < -0.3 is 14.5 Å². The van der Waals surface area contributed by atoms with Crippen molar-refractivity contribution < 1.29 is 9.53 Å². The van der Waals surface area contributed by atoms with E-state index in [9.17, 15) is 4.79 Å². The molecule has 3 aliphatic heterocycles. The van der Waals surface area contributed by atoms with Crippen LogP contribution >= 0.6 is 11.3 Å². The molecule has 2 aromatic rings. The molecular formula is C21H25N3O2S. The first-order valence-corrected chi connectivity index (χ1v) is 10.8. The molecule has 2 aromatic heterocycles. The van der Waals surface area contributed by atoms with E-state index in [1.165, 1.54) is 16.1 Å². The third kappa shape index (κ3) is 3.05. The largest absolute Gasteiger partial charge is 0.371 e. The van der Waals surface area contributed by atoms with Crippen molar-refractivity contribution in [3.8, 4) is 0 Å². The van der Waals surface area contributed by atoms with Crippen molar-refractivity contribution in [3.05, 3.63) is 45.9 Å². The third-order valence-electron chi connectivity index (χ3n) is 6.18. The Bertz CT molecular complexity index is 821. The van der Waals surface area contributed by atoms with E-state index < -0.39 is 0 Å². The molecular weight excluding hydrogens is 358 g/mol. The minimum atomic E-state index is -0.203. The smallest absolute Gasteiger partial charge is 0.263 e. The number of fused-ring (bicyclic) bond motifs is 2. The number of ether oxygens (including phenoxy) is 1. The minimum Gasteiger partial charge on any atom is -0.371 e. The predicted octanol–water partition coefficient (Wildman–Crippen LogP) is 3.45. The highest BCUT2D eigenvalue weighted by atomic mass is 32.1. The van der Waals surface area contributed by atoms with Gasteiger partial charge in [0.25, 0.3) is 5.91 Å². The fourth-order valence-electron chi connectivity index (χ4n) is 4.66. The lowest BCUT2D eigenvalue weighted by Crippen LogP contribution is -2.46. The number of aromatic nitrogens is 1. The summed E-state index contributed by atoms with van der Waals surface area (Å²) in [6, 6.07) is 6.30. The monoisotopic (exact) mass is 383 g/mol. The molecule has 0 radical (unpaired) electrons. The summed E-state index contributed by atoms with van der Waals surface area (Å²) < 4.78 is 6.38. The van der Waals surface area contributed by atoms with Crippen molar-refractivity contribution in [2.45, 2.75) is 37.7 Å². The van der Waals surface area contributed by atoms with Gasteiger partial charge in [0, 0.05) is 49.1 Å². The van der Waals surface area contributed by atoms with Crippen LogP contribution in [0.3, 0.4) is 0 Å². The Balaban J connectivity index is 1.38. The summed E-state index contributed by atoms with van der Waals surface area (Å²) in [5.74, 6) is 0.219. The van der Waals surface area contributed by atoms with E-state index in [4.69, 9.17) is 4.74 Å². The molecule has 0 aromatic carbocycles. The minimum absolute atomic E-state index is 0.203. The Morgan fingerprint density at radius 3 is 2.59 bits per heavy atom. The van der Waals surface area contributed by atoms with Crippen LogP contribution in [0.25, 0.3) is 0 Å². The van der Waals surface area contributed by atoms with E-state index in [0.29, 0.717) is 0 Å². The Hall–Kier alpha value is -1.92. The average Bonchev–Trinajstić information content (AvgIpc) is 3.40. The number of thiophene rings is 1. The molecule has 0 atom stereocenters. The summed E-state index contributed by atoms with van der Waals surface area (Å²) in [4.78, 5) is 23.6. The topological polar surface area (TPSA) is 45.7 Å². The molecule has 142 valence electrons. The summed E-state index contributed by atoms with van der Waals surface area (Å²) >= 11 is 1.69. The summed E-state index contributed by atoms with van der Waals surface area (Å²) in [5.41, 5.74) is 2.36. The van der Waals surface area contributed by atoms with Crippen LogP contribution in [-0.2, 0) is 16.8 Å². The van der Waals surface area contributed by atoms with Crippen LogP contribution < -0.4 is 4.90 Å². The number of nitrogens with zero attached hydrogens (tertiary/aromatic N) is 3. The Kier molecular flexibility index (Phi) is 4.40. The second kappa shape index (κ2) is 6.91. The number of carbonyl (C=O) groups excluding carboxylic acids is 1. The standard InChI is InChI=1S/C21H25N3O2S/c25-20(24-10-1-2-11-24)18-15-16-5-14-26-21(19(16)27-18)6-12-23(13-7-21)17-3-8-22-9-4-17/h3-4,8-9,15H,1-2,5-7,10-14H2. The van der Waals surface area contributed by atoms with Gasteiger partial charge in [-0.15, -0.1) is 11.3 Å². The number of hydrogen-bond acceptors (Lipinski definition) is 5. The zero-order chi connectivity index (χ0) is 18.3. The molecule has 2 fully saturated rings. The quantitative estimate of drug-likeness (QED) is 0.797. The SMILES string of the molecule is O=C(c1cc2c(s1)C1(CCN(c3ccncc3)CC1)OCC2)N1CCCC1. The van der Waals surface area contributed by atoms with Crippen LogP contribution in [0, 0.1) is 0 Å². The van der Waals surface area contributed by atoms with Gasteiger partial charge in [-0.1, -0.05) is 0 Å². The van der Waals surface area contributed by atoms with Gasteiger partial charge in [-0.2, -0.15) is 0 Å². The number of hydrogen-bond donors (Lipinski definition) is 0. The molecule has 3 aliphatic rings. The van der Waals surface area contributed by atoms with Gasteiger partial charge in [0.2, 0.25) is 0 Å². The van der Waals surface area contributed by atoms with E-state index in [1.807, 2.05) is 17.3 Å². The molecule has 1 spiro atoms. The van der Waals surface area contributed by atoms with Gasteiger partial charge in [0.1, 0.15) is 5.60 Å². The van der Waals surface area contributed by atoms with Gasteiger partial charge in [0.15, 0.2) is 0 Å². The summed E-state index contributed by atoms with van der Waals surface area (Å²) in [5, 5.41) is 0. The second-order valence-electron chi connectivity index (χ2n) is 7.75. The molecule has 27 heavy (non-hydrogen) atoms. The number of rotatable bonds is 2. The van der Waals surface area contributed by atoms with Gasteiger partial charge in [-0.05, 0) is 55.9 Å². The van der Waals surface area contributed by atoms with Crippen molar-refractivity contribution in [1.29, 1.82) is 0 Å². The zero-order valence-electron chi connectivity index (χ0n) is 15.5. The van der Waals surface area contributed by atoms with Crippen LogP contribution in [-0.4, -0.2) is 48.6 Å². The molecule has 0 unspecified atom stereocenters. The van der Waals surface area contributed by atoms with Crippen molar-refractivity contribution in [2.24, 2.45) is 0 Å². The van der Waals surface area contributed by atoms with Crippen molar-refractivity contribution in [2.75, 3.05) is 37.7 Å². The zero-order valence-corrected chi connectivity index (χ0v) is 16.3. The molecule has 0 saturated carbocycles. The maximum atomic E-state index is 12.9. The predicted molar refractivity (Wildman–Crippen MR) is 106 cm³/mol. The first-order chi connectivity index (χ1) is 13.3. The molecule has 5 heterocycles. The van der Waals surface area contributed by atoms with Crippen molar-refractivity contribution in [1.82, 2.24) is 9.88 Å². The molecule has 6 heteroatoms. The Morgan fingerprint density at radius 2 is 1.85 bits per heavy atom. The van der Waals surface area contributed by atoms with Crippen LogP contribution in [0.4, 0.5) is 5.69 Å². The van der Waals surface area contributed by atoms with Crippen molar-refractivity contribution >= 4 is 22.9 Å². The Labute approximate surface area is 164 Å². The average molecular weight is 384 g/mol. The molecule has 0 bridgehead atoms. The molecule has 0 N–H and O–H groups in total. The van der Waals surface area contributed by atoms with E-state index in [0.717, 1.165) is 69.8 Å². The molecule has 1 amide bonds. The lowest BCUT2D eigenvalue weighted by molar-refractivity contribution is -0.0735. The highest BCUT2D eigenvalue weighted by Gasteiger charge is 2.43. The lowest BCUT2D eigenvalue weighted by atomic mass is 9.85. The fourth-order valence-corrected chi connectivity index (χ4v) is 6.03. The van der Waals surface area contributed by atoms with Crippen molar-refractivity contribution in [3.63, 3.8) is 0 Å². The molecule has 5 rings (SSSR count). The van der Waals surface area contributed by atoms with E-state index in [2.05, 4.69) is 28.1 Å². The highest BCUT2D eigenvalue weighted by Crippen LogP contribution is 2.46. The van der Waals surface area contributed by atoms with Gasteiger partial charge in [0.05, 0.1) is 11.5 Å². The normalized spacial score (nSPS) is 21.5. The van der Waals surface area contributed by atoms with Crippen LogP contribution in [0.2, 0.25) is 0 Å². The van der Waals surface area contributed by atoms with Crippen LogP contribution in [0.5, 0.6) is 0 Å². The molecule has 2 saturated heterocycles. The Morgan fingerprint density at radius 1 is 1.11 bits per heavy atom. The first kappa shape index (κ1) is 17.2. The molecule has 0 aliphatic carbocycles. The number of amides is 1. The lowest BCUT2D eigenvalue weighted by Gasteiger charge is -2.44. The summed E-state index contributed by atoms with van der Waals surface area (Å²) in [7, 11) is 0. The number of carbonyl (C=O) groups is 1. The number of likely N-dealkylation sites (tertiary alicyclic amines) is 1. The fraction of sp³-hybridized carbons (Fsp3) is 0.524. The number of anilines is 1. The number of piperidine rings is 1. The third-order valence-corrected chi connectivity index (χ3v) is 7.53. The number of pyridine rings is 1. The van der Waals surface area contributed by atoms with E-state index >= 15 is 0 Å². The second-order valence-corrected chi connectivity index (χ2v) is 8.80.